The van der Waals surface area contributed by atoms with Crippen LogP contribution in [0, 0.1) is 0 Å². The summed E-state index contributed by atoms with van der Waals surface area (Å²) < 4.78 is 0. The van der Waals surface area contributed by atoms with Gasteiger partial charge in [-0.2, -0.15) is 0 Å². The second-order valence-electron chi connectivity index (χ2n) is 2.36. The number of pyridine rings is 1. The van der Waals surface area contributed by atoms with E-state index in [-0.39, 0.29) is 8.41 Å². The summed E-state index contributed by atoms with van der Waals surface area (Å²) >= 11 is 0. The first-order valence-electron chi connectivity index (χ1n) is 3.80. The van der Waals surface area contributed by atoms with Crippen LogP contribution in [0.1, 0.15) is 25.1 Å². The minimum atomic E-state index is 0. The number of hydrogen-bond acceptors (Lipinski definition) is 1. The van der Waals surface area contributed by atoms with Gasteiger partial charge in [0.25, 0.3) is 0 Å². The Bertz CT molecular complexity index is 191. The maximum absolute atomic E-state index is 4.21. The van der Waals surface area contributed by atoms with Crippen LogP contribution in [0.25, 0.3) is 0 Å². The lowest BCUT2D eigenvalue weighted by Gasteiger charge is -1.97. The largest absolute Gasteiger partial charge is 0.261 e. The Labute approximate surface area is 70.4 Å². The minimum absolute atomic E-state index is 0. The molecule has 0 spiro atoms. The molecule has 0 fully saturated rings. The first-order chi connectivity index (χ1) is 4.86. The van der Waals surface area contributed by atoms with Gasteiger partial charge in [0.2, 0.25) is 0 Å². The molecule has 0 aliphatic heterocycles. The van der Waals surface area contributed by atoms with Crippen LogP contribution >= 0.6 is 0 Å². The Balaban J connectivity index is 0.000001000. The average Bonchev–Trinajstić information content (AvgIpc) is 2.05. The molecule has 60 valence electrons. The topological polar surface area (TPSA) is 12.9 Å². The van der Waals surface area contributed by atoms with Crippen molar-refractivity contribution in [3.8, 4) is 0 Å². The van der Waals surface area contributed by atoms with Crippen molar-refractivity contribution in [3.63, 3.8) is 0 Å². The van der Waals surface area contributed by atoms with Gasteiger partial charge in [0.1, 0.15) is 0 Å². The minimum Gasteiger partial charge on any atom is -0.261 e. The van der Waals surface area contributed by atoms with Crippen LogP contribution in [0.2, 0.25) is 0 Å². The van der Waals surface area contributed by atoms with Crippen LogP contribution in [0.3, 0.4) is 0 Å². The average molecular weight is 149 g/mol. The predicted octanol–water partition coefficient (Wildman–Crippen LogP) is 1.02. The number of aromatic nitrogens is 1. The standard InChI is InChI=1S/C9H13N.BH3/c1-3-8-5-6-10-9(4-2)7-8;/h5-7H,3-4H2,1-2H3;1H3. The van der Waals surface area contributed by atoms with Gasteiger partial charge >= 0.3 is 0 Å². The zero-order valence-corrected chi connectivity index (χ0v) is 6.59. The van der Waals surface area contributed by atoms with Gasteiger partial charge in [-0.05, 0) is 30.5 Å². The van der Waals surface area contributed by atoms with Crippen LogP contribution in [-0.2, 0) is 12.8 Å². The van der Waals surface area contributed by atoms with Crippen molar-refractivity contribution in [2.45, 2.75) is 26.7 Å². The number of aryl methyl sites for hydroxylation is 2. The molecule has 0 saturated carbocycles. The second-order valence-corrected chi connectivity index (χ2v) is 2.36. The van der Waals surface area contributed by atoms with E-state index in [0.29, 0.717) is 0 Å². The lowest BCUT2D eigenvalue weighted by atomic mass is 10.1. The van der Waals surface area contributed by atoms with E-state index in [1.807, 2.05) is 6.20 Å². The molecule has 1 heterocycles. The van der Waals surface area contributed by atoms with E-state index in [0.717, 1.165) is 12.8 Å². The van der Waals surface area contributed by atoms with E-state index < -0.39 is 0 Å². The lowest BCUT2D eigenvalue weighted by Crippen LogP contribution is -1.88. The summed E-state index contributed by atoms with van der Waals surface area (Å²) in [5.74, 6) is 0. The van der Waals surface area contributed by atoms with Crippen LogP contribution in [-0.4, -0.2) is 13.4 Å². The molecule has 0 atom stereocenters. The van der Waals surface area contributed by atoms with Crippen LogP contribution in [0.4, 0.5) is 0 Å². The summed E-state index contributed by atoms with van der Waals surface area (Å²) in [6.45, 7) is 4.29. The molecule has 0 bridgehead atoms. The molecule has 0 aliphatic rings. The van der Waals surface area contributed by atoms with E-state index >= 15 is 0 Å². The van der Waals surface area contributed by atoms with Gasteiger partial charge in [0.05, 0.1) is 8.41 Å². The lowest BCUT2D eigenvalue weighted by molar-refractivity contribution is 1.01. The highest BCUT2D eigenvalue weighted by atomic mass is 14.7. The quantitative estimate of drug-likeness (QED) is 0.572. The van der Waals surface area contributed by atoms with Gasteiger partial charge in [-0.3, -0.25) is 4.98 Å². The molecular formula is C9H16BN. The monoisotopic (exact) mass is 149 g/mol. The van der Waals surface area contributed by atoms with Crippen molar-refractivity contribution >= 4 is 8.41 Å². The molecule has 0 amide bonds. The fraction of sp³-hybridized carbons (Fsp3) is 0.444. The highest BCUT2D eigenvalue weighted by molar-refractivity contribution is 5.75. The Kier molecular flexibility index (Phi) is 4.59. The molecule has 0 N–H and O–H groups in total. The Morgan fingerprint density at radius 3 is 2.55 bits per heavy atom. The fourth-order valence-electron chi connectivity index (χ4n) is 0.941. The molecule has 0 aliphatic carbocycles. The smallest absolute Gasteiger partial charge is 0.0814 e. The molecule has 1 aromatic rings. The Morgan fingerprint density at radius 2 is 2.00 bits per heavy atom. The third-order valence-corrected chi connectivity index (χ3v) is 1.65. The van der Waals surface area contributed by atoms with Crippen LogP contribution in [0.5, 0.6) is 0 Å². The number of hydrogen-bond donors (Lipinski definition) is 0. The molecule has 0 radical (unpaired) electrons. The van der Waals surface area contributed by atoms with Gasteiger partial charge in [-0.25, -0.2) is 0 Å². The highest BCUT2D eigenvalue weighted by Crippen LogP contribution is 2.02. The third-order valence-electron chi connectivity index (χ3n) is 1.65. The number of nitrogens with zero attached hydrogens (tertiary/aromatic N) is 1. The number of rotatable bonds is 2. The second kappa shape index (κ2) is 4.94. The molecule has 0 unspecified atom stereocenters. The highest BCUT2D eigenvalue weighted by Gasteiger charge is 1.90. The SMILES string of the molecule is B.CCc1ccnc(CC)c1. The summed E-state index contributed by atoms with van der Waals surface area (Å²) in [6.07, 6.45) is 4.03. The van der Waals surface area contributed by atoms with Crippen LogP contribution in [0.15, 0.2) is 18.3 Å². The summed E-state index contributed by atoms with van der Waals surface area (Å²) in [5, 5.41) is 0. The first kappa shape index (κ1) is 10.2. The molecule has 0 saturated heterocycles. The third kappa shape index (κ3) is 2.75. The zero-order chi connectivity index (χ0) is 7.40. The molecule has 1 aromatic heterocycles. The van der Waals surface area contributed by atoms with E-state index in [2.05, 4.69) is 31.0 Å². The molecule has 0 aromatic carbocycles. The summed E-state index contributed by atoms with van der Waals surface area (Å²) in [4.78, 5) is 4.21. The maximum atomic E-state index is 4.21. The Hall–Kier alpha value is -0.785. The molecule has 2 heteroatoms. The van der Waals surface area contributed by atoms with Gasteiger partial charge in [-0.1, -0.05) is 13.8 Å². The van der Waals surface area contributed by atoms with E-state index in [4.69, 9.17) is 0 Å². The van der Waals surface area contributed by atoms with Crippen molar-refractivity contribution in [2.24, 2.45) is 0 Å². The van der Waals surface area contributed by atoms with Crippen LogP contribution < -0.4 is 0 Å². The van der Waals surface area contributed by atoms with Crippen molar-refractivity contribution in [2.75, 3.05) is 0 Å². The first-order valence-corrected chi connectivity index (χ1v) is 3.80. The van der Waals surface area contributed by atoms with Gasteiger partial charge < -0.3 is 0 Å². The predicted molar refractivity (Wildman–Crippen MR) is 52.9 cm³/mol. The maximum Gasteiger partial charge on any atom is 0.0814 e. The normalized spacial score (nSPS) is 8.91. The van der Waals surface area contributed by atoms with Gasteiger partial charge in [-0.15, -0.1) is 0 Å². The summed E-state index contributed by atoms with van der Waals surface area (Å²) in [5.41, 5.74) is 2.58. The molecular weight excluding hydrogens is 133 g/mol. The fourth-order valence-corrected chi connectivity index (χ4v) is 0.941. The molecule has 1 nitrogen and oxygen atoms in total. The van der Waals surface area contributed by atoms with E-state index in [9.17, 15) is 0 Å². The van der Waals surface area contributed by atoms with E-state index in [1.54, 1.807) is 0 Å². The zero-order valence-electron chi connectivity index (χ0n) is 6.59. The van der Waals surface area contributed by atoms with Gasteiger partial charge in [0.15, 0.2) is 0 Å². The summed E-state index contributed by atoms with van der Waals surface area (Å²) in [7, 11) is 0. The Morgan fingerprint density at radius 1 is 1.27 bits per heavy atom. The summed E-state index contributed by atoms with van der Waals surface area (Å²) in [6, 6.07) is 4.24. The van der Waals surface area contributed by atoms with E-state index in [1.165, 1.54) is 11.3 Å². The van der Waals surface area contributed by atoms with Crippen molar-refractivity contribution < 1.29 is 0 Å². The van der Waals surface area contributed by atoms with Gasteiger partial charge in [0, 0.05) is 11.9 Å². The van der Waals surface area contributed by atoms with Crippen molar-refractivity contribution in [1.29, 1.82) is 0 Å². The van der Waals surface area contributed by atoms with Crippen molar-refractivity contribution in [3.05, 3.63) is 29.6 Å². The molecule has 1 rings (SSSR count). The van der Waals surface area contributed by atoms with Crippen molar-refractivity contribution in [1.82, 2.24) is 4.98 Å². The molecule has 11 heavy (non-hydrogen) atoms.